The molecule has 0 amide bonds. The molecule has 0 heterocycles. The van der Waals surface area contributed by atoms with Gasteiger partial charge >= 0.3 is 5.97 Å². The normalized spacial score (nSPS) is 14.6. The molecule has 1 N–H and O–H groups in total. The van der Waals surface area contributed by atoms with E-state index in [1.165, 1.54) is 0 Å². The van der Waals surface area contributed by atoms with Crippen molar-refractivity contribution < 1.29 is 19.7 Å². The first kappa shape index (κ1) is 12.0. The van der Waals surface area contributed by atoms with Crippen LogP contribution >= 0.6 is 0 Å². The molecule has 18 heavy (non-hydrogen) atoms. The van der Waals surface area contributed by atoms with Gasteiger partial charge in [-0.3, -0.25) is 9.68 Å². The molecule has 2 aliphatic carbocycles. The molecule has 0 atom stereocenters. The number of ketones is 1. The number of hydrogen-bond donors (Lipinski definition) is 1. The Kier molecular flexibility index (Phi) is 3.50. The van der Waals surface area contributed by atoms with Gasteiger partial charge in [0.1, 0.15) is 0 Å². The van der Waals surface area contributed by atoms with E-state index in [9.17, 15) is 9.59 Å². The third-order valence-electron chi connectivity index (χ3n) is 2.50. The molecule has 1 aromatic carbocycles. The lowest BCUT2D eigenvalue weighted by Gasteiger charge is -1.92. The summed E-state index contributed by atoms with van der Waals surface area (Å²) >= 11 is 0. The summed E-state index contributed by atoms with van der Waals surface area (Å²) in [6.07, 6.45) is 7.38. The summed E-state index contributed by atoms with van der Waals surface area (Å²) in [6.45, 7) is 0. The highest BCUT2D eigenvalue weighted by Crippen LogP contribution is 2.23. The molecule has 0 fully saturated rings. The van der Waals surface area contributed by atoms with Gasteiger partial charge in [0.15, 0.2) is 5.78 Å². The number of Topliss-reactive ketones (excluding diaryl/α,β-unsaturated/α-hetero) is 1. The van der Waals surface area contributed by atoms with Crippen LogP contribution in [-0.2, 0) is 9.68 Å². The summed E-state index contributed by atoms with van der Waals surface area (Å²) in [5.41, 5.74) is 2.00. The lowest BCUT2D eigenvalue weighted by atomic mass is 10.2. The van der Waals surface area contributed by atoms with Crippen LogP contribution in [0.5, 0.6) is 0 Å². The van der Waals surface area contributed by atoms with Crippen LogP contribution in [0.1, 0.15) is 10.4 Å². The van der Waals surface area contributed by atoms with Crippen molar-refractivity contribution in [2.24, 2.45) is 0 Å². The van der Waals surface area contributed by atoms with Crippen LogP contribution in [0, 0.1) is 0 Å². The molecule has 4 heteroatoms. The molecule has 0 aliphatic heterocycles. The topological polar surface area (TPSA) is 63.6 Å². The molecular weight excluding hydrogens is 232 g/mol. The van der Waals surface area contributed by atoms with Gasteiger partial charge in [0, 0.05) is 11.1 Å². The van der Waals surface area contributed by atoms with Crippen molar-refractivity contribution in [1.82, 2.24) is 0 Å². The van der Waals surface area contributed by atoms with Crippen LogP contribution in [0.2, 0.25) is 0 Å². The maximum atomic E-state index is 10.8. The molecule has 0 radical (unpaired) electrons. The minimum Gasteiger partial charge on any atom is -0.296 e. The monoisotopic (exact) mass is 242 g/mol. The summed E-state index contributed by atoms with van der Waals surface area (Å²) < 4.78 is 0. The second kappa shape index (κ2) is 5.25. The second-order valence-corrected chi connectivity index (χ2v) is 3.65. The average Bonchev–Trinajstić information content (AvgIpc) is 2.98. The van der Waals surface area contributed by atoms with Crippen molar-refractivity contribution in [3.63, 3.8) is 0 Å². The SMILES string of the molecule is O=C(OO)c1ccccc1.O=C1C2=CC=C1C=C2. The Labute approximate surface area is 103 Å². The molecule has 1 aromatic rings. The molecule has 0 aromatic heterocycles. The molecule has 2 aliphatic rings. The first-order valence-corrected chi connectivity index (χ1v) is 5.28. The predicted octanol–water partition coefficient (Wildman–Crippen LogP) is 2.31. The van der Waals surface area contributed by atoms with Crippen molar-refractivity contribution in [3.8, 4) is 0 Å². The standard InChI is InChI=1S/C7H6O3.C7H4O/c8-7(10-9)6-4-2-1-3-5-6;8-7-5-1-2-6(7)4-3-5/h1-5,9H;1-4H. The van der Waals surface area contributed by atoms with E-state index in [1.807, 2.05) is 24.3 Å². The molecule has 4 nitrogen and oxygen atoms in total. The van der Waals surface area contributed by atoms with E-state index >= 15 is 0 Å². The van der Waals surface area contributed by atoms with Gasteiger partial charge in [-0.25, -0.2) is 4.79 Å². The molecular formula is C14H10O4. The highest BCUT2D eigenvalue weighted by atomic mass is 17.1. The van der Waals surface area contributed by atoms with Gasteiger partial charge in [0.05, 0.1) is 5.56 Å². The average molecular weight is 242 g/mol. The van der Waals surface area contributed by atoms with Crippen LogP contribution in [0.3, 0.4) is 0 Å². The molecule has 90 valence electrons. The minimum atomic E-state index is -0.736. The fourth-order valence-electron chi connectivity index (χ4n) is 1.57. The van der Waals surface area contributed by atoms with Gasteiger partial charge < -0.3 is 0 Å². The zero-order valence-electron chi connectivity index (χ0n) is 9.37. The molecule has 0 saturated heterocycles. The number of allylic oxidation sites excluding steroid dienone is 6. The zero-order chi connectivity index (χ0) is 13.0. The van der Waals surface area contributed by atoms with E-state index in [1.54, 1.807) is 30.3 Å². The van der Waals surface area contributed by atoms with E-state index < -0.39 is 5.97 Å². The second-order valence-electron chi connectivity index (χ2n) is 3.65. The van der Waals surface area contributed by atoms with E-state index in [4.69, 9.17) is 5.26 Å². The van der Waals surface area contributed by atoms with Gasteiger partial charge in [0.2, 0.25) is 0 Å². The fourth-order valence-corrected chi connectivity index (χ4v) is 1.57. The summed E-state index contributed by atoms with van der Waals surface area (Å²) in [5, 5.41) is 7.94. The fraction of sp³-hybridized carbons (Fsp3) is 0. The maximum Gasteiger partial charge on any atom is 0.372 e. The van der Waals surface area contributed by atoms with Crippen molar-refractivity contribution in [2.75, 3.05) is 0 Å². The largest absolute Gasteiger partial charge is 0.372 e. The van der Waals surface area contributed by atoms with Crippen LogP contribution < -0.4 is 0 Å². The van der Waals surface area contributed by atoms with Gasteiger partial charge in [-0.15, -0.1) is 0 Å². The predicted molar refractivity (Wildman–Crippen MR) is 64.8 cm³/mol. The minimum absolute atomic E-state index is 0.185. The number of carbonyl (C=O) groups is 2. The third kappa shape index (κ3) is 2.44. The summed E-state index contributed by atoms with van der Waals surface area (Å²) in [5.74, 6) is -0.550. The molecule has 2 bridgehead atoms. The maximum absolute atomic E-state index is 10.8. The highest BCUT2D eigenvalue weighted by Gasteiger charge is 2.19. The Bertz CT molecular complexity index is 541. The lowest BCUT2D eigenvalue weighted by molar-refractivity contribution is -0.182. The van der Waals surface area contributed by atoms with Gasteiger partial charge in [-0.05, 0) is 12.1 Å². The van der Waals surface area contributed by atoms with Crippen molar-refractivity contribution in [2.45, 2.75) is 0 Å². The molecule has 0 unspecified atom stereocenters. The van der Waals surface area contributed by atoms with E-state index in [2.05, 4.69) is 4.89 Å². The molecule has 0 saturated carbocycles. The first-order valence-electron chi connectivity index (χ1n) is 5.28. The number of carbonyl (C=O) groups excluding carboxylic acids is 2. The Hall–Kier alpha value is -2.46. The van der Waals surface area contributed by atoms with Gasteiger partial charge in [-0.1, -0.05) is 42.5 Å². The van der Waals surface area contributed by atoms with E-state index in [0.717, 1.165) is 11.1 Å². The highest BCUT2D eigenvalue weighted by molar-refractivity contribution is 6.17. The van der Waals surface area contributed by atoms with E-state index in [0.29, 0.717) is 5.56 Å². The van der Waals surface area contributed by atoms with Gasteiger partial charge in [-0.2, -0.15) is 5.26 Å². The third-order valence-corrected chi connectivity index (χ3v) is 2.50. The number of rotatable bonds is 1. The van der Waals surface area contributed by atoms with Crippen LogP contribution in [0.4, 0.5) is 0 Å². The summed E-state index contributed by atoms with van der Waals surface area (Å²) in [6, 6.07) is 8.25. The van der Waals surface area contributed by atoms with Crippen LogP contribution in [-0.4, -0.2) is 17.0 Å². The Morgan fingerprint density at radius 1 is 1.00 bits per heavy atom. The number of benzene rings is 1. The Balaban J connectivity index is 0.000000136. The van der Waals surface area contributed by atoms with Gasteiger partial charge in [0.25, 0.3) is 0 Å². The van der Waals surface area contributed by atoms with Crippen molar-refractivity contribution >= 4 is 11.8 Å². The number of fused-ring (bicyclic) bond motifs is 2. The summed E-state index contributed by atoms with van der Waals surface area (Å²) in [4.78, 5) is 24.8. The quantitative estimate of drug-likeness (QED) is 0.606. The smallest absolute Gasteiger partial charge is 0.296 e. The molecule has 0 spiro atoms. The Morgan fingerprint density at radius 2 is 1.56 bits per heavy atom. The lowest BCUT2D eigenvalue weighted by Crippen LogP contribution is -2.00. The number of hydrogen-bond acceptors (Lipinski definition) is 4. The van der Waals surface area contributed by atoms with Crippen molar-refractivity contribution in [1.29, 1.82) is 0 Å². The van der Waals surface area contributed by atoms with Crippen molar-refractivity contribution in [3.05, 3.63) is 71.3 Å². The van der Waals surface area contributed by atoms with Crippen LogP contribution in [0.15, 0.2) is 65.8 Å². The summed E-state index contributed by atoms with van der Waals surface area (Å²) in [7, 11) is 0. The zero-order valence-corrected chi connectivity index (χ0v) is 9.37. The van der Waals surface area contributed by atoms with Crippen LogP contribution in [0.25, 0.3) is 0 Å². The first-order chi connectivity index (χ1) is 8.72. The molecule has 3 rings (SSSR count). The Morgan fingerprint density at radius 3 is 1.89 bits per heavy atom. The van der Waals surface area contributed by atoms with E-state index in [-0.39, 0.29) is 5.78 Å².